The molecule has 112 valence electrons. The number of aromatic nitrogens is 3. The van der Waals surface area contributed by atoms with Gasteiger partial charge in [0.05, 0.1) is 18.8 Å². The number of carboxylic acids is 1. The highest BCUT2D eigenvalue weighted by Crippen LogP contribution is 2.21. The van der Waals surface area contributed by atoms with E-state index in [9.17, 15) is 9.59 Å². The quantitative estimate of drug-likeness (QED) is 0.788. The first-order valence-corrected chi connectivity index (χ1v) is 6.69. The highest BCUT2D eigenvalue weighted by Gasteiger charge is 2.35. The molecule has 0 radical (unpaired) electrons. The average Bonchev–Trinajstić information content (AvgIpc) is 2.86. The summed E-state index contributed by atoms with van der Waals surface area (Å²) in [5.41, 5.74) is -0.0975. The Morgan fingerprint density at radius 3 is 2.81 bits per heavy atom. The molecule has 21 heavy (non-hydrogen) atoms. The van der Waals surface area contributed by atoms with Crippen molar-refractivity contribution in [1.82, 2.24) is 24.8 Å². The molecule has 0 spiro atoms. The van der Waals surface area contributed by atoms with E-state index in [1.807, 2.05) is 6.92 Å². The summed E-state index contributed by atoms with van der Waals surface area (Å²) in [7, 11) is 0. The molecule has 1 aliphatic heterocycles. The zero-order valence-electron chi connectivity index (χ0n) is 11.8. The van der Waals surface area contributed by atoms with Crippen molar-refractivity contribution >= 4 is 12.0 Å². The Kier molecular flexibility index (Phi) is 4.42. The summed E-state index contributed by atoms with van der Waals surface area (Å²) in [6, 6.07) is -0.131. The van der Waals surface area contributed by atoms with E-state index in [4.69, 9.17) is 11.5 Å². The highest BCUT2D eigenvalue weighted by molar-refractivity contribution is 5.84. The third-order valence-electron chi connectivity index (χ3n) is 3.28. The van der Waals surface area contributed by atoms with Gasteiger partial charge in [0.1, 0.15) is 0 Å². The van der Waals surface area contributed by atoms with Crippen LogP contribution in [-0.4, -0.2) is 68.1 Å². The van der Waals surface area contributed by atoms with E-state index >= 15 is 0 Å². The Labute approximate surface area is 122 Å². The predicted molar refractivity (Wildman–Crippen MR) is 73.7 cm³/mol. The topological polar surface area (TPSA) is 91.6 Å². The van der Waals surface area contributed by atoms with Crippen molar-refractivity contribution in [2.24, 2.45) is 0 Å². The molecule has 8 heteroatoms. The van der Waals surface area contributed by atoms with Gasteiger partial charge in [-0.05, 0) is 6.42 Å². The van der Waals surface area contributed by atoms with Gasteiger partial charge in [-0.25, -0.2) is 14.3 Å². The Morgan fingerprint density at radius 1 is 1.57 bits per heavy atom. The number of hydrogen-bond donors (Lipinski definition) is 1. The van der Waals surface area contributed by atoms with Gasteiger partial charge in [0, 0.05) is 19.6 Å². The third-order valence-corrected chi connectivity index (χ3v) is 3.28. The molecule has 2 heterocycles. The molecule has 0 aromatic carbocycles. The van der Waals surface area contributed by atoms with E-state index in [2.05, 4.69) is 16.2 Å². The van der Waals surface area contributed by atoms with Crippen molar-refractivity contribution in [2.75, 3.05) is 26.2 Å². The average molecular weight is 291 g/mol. The molecule has 2 rings (SSSR count). The van der Waals surface area contributed by atoms with Gasteiger partial charge < -0.3 is 14.9 Å². The number of carbonyl (C=O) groups is 2. The van der Waals surface area contributed by atoms with Crippen LogP contribution in [0.4, 0.5) is 4.79 Å². The largest absolute Gasteiger partial charge is 0.476 e. The molecule has 8 nitrogen and oxygen atoms in total. The fourth-order valence-corrected chi connectivity index (χ4v) is 2.15. The molecule has 0 unspecified atom stereocenters. The van der Waals surface area contributed by atoms with Gasteiger partial charge in [0.2, 0.25) is 0 Å². The van der Waals surface area contributed by atoms with Gasteiger partial charge in [-0.3, -0.25) is 0 Å². The fraction of sp³-hybridized carbons (Fsp3) is 0.538. The summed E-state index contributed by atoms with van der Waals surface area (Å²) >= 11 is 0. The van der Waals surface area contributed by atoms with Gasteiger partial charge in [-0.1, -0.05) is 18.1 Å². The van der Waals surface area contributed by atoms with Gasteiger partial charge in [-0.15, -0.1) is 11.5 Å². The lowest BCUT2D eigenvalue weighted by molar-refractivity contribution is 0.0689. The van der Waals surface area contributed by atoms with Crippen molar-refractivity contribution in [3.63, 3.8) is 0 Å². The molecule has 1 saturated heterocycles. The molecule has 0 bridgehead atoms. The molecule has 1 aromatic heterocycles. The summed E-state index contributed by atoms with van der Waals surface area (Å²) in [4.78, 5) is 26.2. The first-order chi connectivity index (χ1) is 10.1. The van der Waals surface area contributed by atoms with Crippen LogP contribution in [0.25, 0.3) is 0 Å². The zero-order chi connectivity index (χ0) is 15.4. The van der Waals surface area contributed by atoms with Crippen LogP contribution >= 0.6 is 0 Å². The minimum Gasteiger partial charge on any atom is -0.476 e. The van der Waals surface area contributed by atoms with Gasteiger partial charge in [-0.2, -0.15) is 0 Å². The van der Waals surface area contributed by atoms with Crippen molar-refractivity contribution in [2.45, 2.75) is 19.4 Å². The molecular formula is C13H17N5O3. The second kappa shape index (κ2) is 6.26. The maximum absolute atomic E-state index is 12.2. The Balaban J connectivity index is 1.91. The lowest BCUT2D eigenvalue weighted by Crippen LogP contribution is -2.55. The van der Waals surface area contributed by atoms with Crippen LogP contribution in [0, 0.1) is 12.3 Å². The number of aromatic carboxylic acids is 1. The maximum Gasteiger partial charge on any atom is 0.358 e. The summed E-state index contributed by atoms with van der Waals surface area (Å²) in [5.74, 6) is 1.37. The van der Waals surface area contributed by atoms with E-state index in [0.29, 0.717) is 26.2 Å². The van der Waals surface area contributed by atoms with Crippen LogP contribution in [0.1, 0.15) is 29.9 Å². The number of hydrogen-bond acceptors (Lipinski definition) is 4. The Morgan fingerprint density at radius 2 is 2.29 bits per heavy atom. The molecule has 1 aliphatic rings. The van der Waals surface area contributed by atoms with E-state index in [0.717, 1.165) is 6.42 Å². The lowest BCUT2D eigenvalue weighted by atomic mass is 10.1. The Bertz CT molecular complexity index is 571. The SMILES string of the molecule is C#CCN(CCC)C(=O)N1CC(n2cc(C(=O)O)nn2)C1. The minimum absolute atomic E-state index is 0.0381. The third kappa shape index (κ3) is 3.13. The molecule has 1 fully saturated rings. The van der Waals surface area contributed by atoms with E-state index in [1.165, 1.54) is 10.9 Å². The molecule has 0 saturated carbocycles. The molecule has 2 amide bonds. The van der Waals surface area contributed by atoms with Crippen molar-refractivity contribution in [1.29, 1.82) is 0 Å². The number of terminal acetylenes is 1. The summed E-state index contributed by atoms with van der Waals surface area (Å²) in [5, 5.41) is 16.1. The summed E-state index contributed by atoms with van der Waals surface area (Å²) in [6.07, 6.45) is 7.48. The van der Waals surface area contributed by atoms with Crippen LogP contribution in [0.5, 0.6) is 0 Å². The van der Waals surface area contributed by atoms with Crippen molar-refractivity contribution in [3.8, 4) is 12.3 Å². The molecule has 1 aromatic rings. The predicted octanol–water partition coefficient (Wildman–Crippen LogP) is 0.298. The maximum atomic E-state index is 12.2. The van der Waals surface area contributed by atoms with Gasteiger partial charge in [0.25, 0.3) is 0 Å². The standard InChI is InChI=1S/C13H17N5O3/c1-3-5-16(6-4-2)13(21)17-7-10(8-17)18-9-11(12(19)20)14-15-18/h1,9-10H,4-8H2,2H3,(H,19,20). The molecular weight excluding hydrogens is 274 g/mol. The molecule has 0 atom stereocenters. The Hall–Kier alpha value is -2.56. The molecule has 1 N–H and O–H groups in total. The van der Waals surface area contributed by atoms with Crippen molar-refractivity contribution < 1.29 is 14.7 Å². The number of carbonyl (C=O) groups excluding carboxylic acids is 1. The normalized spacial score (nSPS) is 14.4. The number of likely N-dealkylation sites (tertiary alicyclic amines) is 1. The van der Waals surface area contributed by atoms with Gasteiger partial charge >= 0.3 is 12.0 Å². The lowest BCUT2D eigenvalue weighted by Gasteiger charge is -2.41. The first-order valence-electron chi connectivity index (χ1n) is 6.69. The summed E-state index contributed by atoms with van der Waals surface area (Å²) < 4.78 is 1.48. The number of rotatable bonds is 5. The minimum atomic E-state index is -1.11. The van der Waals surface area contributed by atoms with E-state index in [1.54, 1.807) is 9.80 Å². The van der Waals surface area contributed by atoms with Crippen LogP contribution in [0.15, 0.2) is 6.20 Å². The second-order valence-corrected chi connectivity index (χ2v) is 4.86. The number of amides is 2. The summed E-state index contributed by atoms with van der Waals surface area (Å²) in [6.45, 7) is 3.85. The zero-order valence-corrected chi connectivity index (χ0v) is 11.8. The number of carboxylic acid groups (broad SMARTS) is 1. The first kappa shape index (κ1) is 14.8. The van der Waals surface area contributed by atoms with Crippen molar-refractivity contribution in [3.05, 3.63) is 11.9 Å². The monoisotopic (exact) mass is 291 g/mol. The van der Waals surface area contributed by atoms with E-state index in [-0.39, 0.29) is 17.8 Å². The smallest absolute Gasteiger partial charge is 0.358 e. The van der Waals surface area contributed by atoms with Crippen LogP contribution in [0.2, 0.25) is 0 Å². The fourth-order valence-electron chi connectivity index (χ4n) is 2.15. The number of urea groups is 1. The van der Waals surface area contributed by atoms with Gasteiger partial charge in [0.15, 0.2) is 5.69 Å². The number of nitrogens with zero attached hydrogens (tertiary/aromatic N) is 5. The van der Waals surface area contributed by atoms with Crippen LogP contribution in [-0.2, 0) is 0 Å². The van der Waals surface area contributed by atoms with Crippen LogP contribution < -0.4 is 0 Å². The second-order valence-electron chi connectivity index (χ2n) is 4.86. The van der Waals surface area contributed by atoms with Crippen LogP contribution in [0.3, 0.4) is 0 Å². The molecule has 0 aliphatic carbocycles. The highest BCUT2D eigenvalue weighted by atomic mass is 16.4. The van der Waals surface area contributed by atoms with E-state index < -0.39 is 5.97 Å².